The monoisotopic (exact) mass is 419 g/mol. The largest absolute Gasteiger partial charge is 0.456 e. The zero-order valence-corrected chi connectivity index (χ0v) is 18.5. The zero-order chi connectivity index (χ0) is 22.2. The number of hydrogen-bond acceptors (Lipinski definition) is 3. The molecule has 4 aromatic carbocycles. The lowest BCUT2D eigenvalue weighted by atomic mass is 10.00. The quantitative estimate of drug-likeness (QED) is 0.189. The smallest absolute Gasteiger partial charge is 0.135 e. The maximum Gasteiger partial charge on any atom is 0.135 e. The minimum Gasteiger partial charge on any atom is -0.456 e. The van der Waals surface area contributed by atoms with Crippen LogP contribution in [0.15, 0.2) is 94.3 Å². The van der Waals surface area contributed by atoms with Gasteiger partial charge < -0.3 is 15.1 Å². The highest BCUT2D eigenvalue weighted by Gasteiger charge is 2.12. The maximum atomic E-state index is 6.06. The van der Waals surface area contributed by atoms with E-state index < -0.39 is 0 Å². The van der Waals surface area contributed by atoms with E-state index in [0.717, 1.165) is 39.1 Å². The van der Waals surface area contributed by atoms with Crippen molar-refractivity contribution in [1.29, 1.82) is 0 Å². The van der Waals surface area contributed by atoms with E-state index in [0.29, 0.717) is 5.69 Å². The summed E-state index contributed by atoms with van der Waals surface area (Å²) in [6.45, 7) is 4.13. The Kier molecular flexibility index (Phi) is 4.91. The van der Waals surface area contributed by atoms with Gasteiger partial charge in [0.2, 0.25) is 0 Å². The van der Waals surface area contributed by atoms with Crippen molar-refractivity contribution in [3.8, 4) is 11.1 Å². The molecule has 2 N–H and O–H groups in total. The van der Waals surface area contributed by atoms with E-state index in [1.165, 1.54) is 16.7 Å². The molecule has 0 saturated carbocycles. The Morgan fingerprint density at radius 3 is 2.31 bits per heavy atom. The molecule has 0 fully saturated rings. The molecule has 0 unspecified atom stereocenters. The van der Waals surface area contributed by atoms with Crippen LogP contribution in [-0.4, -0.2) is 12.9 Å². The summed E-state index contributed by atoms with van der Waals surface area (Å²) in [5, 5.41) is 2.28. The summed E-state index contributed by atoms with van der Waals surface area (Å²) < 4.78 is 5.97. The Hall–Kier alpha value is -4.05. The molecule has 0 spiro atoms. The standard InChI is InChI=1S/C28H25N3O/c1-18-16-20(21-13-15-28-23(17-21)22-8-4-7-11-27(22)32-28)12-14-26(18)31(3)19(2)30-25-10-6-5-9-24(25)29/h4-17H,29H2,1-3H3. The molecular weight excluding hydrogens is 394 g/mol. The molecule has 1 heterocycles. The molecule has 32 heavy (non-hydrogen) atoms. The first-order valence-electron chi connectivity index (χ1n) is 10.7. The van der Waals surface area contributed by atoms with Crippen LogP contribution in [0.1, 0.15) is 12.5 Å². The maximum absolute atomic E-state index is 6.06. The molecular formula is C28H25N3O. The van der Waals surface area contributed by atoms with Gasteiger partial charge in [0.15, 0.2) is 0 Å². The number of hydrogen-bond donors (Lipinski definition) is 1. The highest BCUT2D eigenvalue weighted by Crippen LogP contribution is 2.34. The van der Waals surface area contributed by atoms with Crippen LogP contribution < -0.4 is 10.6 Å². The summed E-state index contributed by atoms with van der Waals surface area (Å²) in [5.41, 5.74) is 14.0. The number of nitrogens with zero attached hydrogens (tertiary/aromatic N) is 2. The molecule has 4 heteroatoms. The second kappa shape index (κ2) is 7.89. The third kappa shape index (κ3) is 3.50. The van der Waals surface area contributed by atoms with Crippen molar-refractivity contribution in [1.82, 2.24) is 0 Å². The van der Waals surface area contributed by atoms with E-state index in [-0.39, 0.29) is 0 Å². The molecule has 0 saturated heterocycles. The first-order chi connectivity index (χ1) is 15.5. The number of rotatable bonds is 3. The SMILES string of the molecule is CC(=Nc1ccccc1N)N(C)c1ccc(-c2ccc3oc4ccccc4c3c2)cc1C. The number of nitrogens with two attached hydrogens (primary N) is 1. The van der Waals surface area contributed by atoms with Crippen LogP contribution in [0, 0.1) is 6.92 Å². The molecule has 5 rings (SSSR count). The van der Waals surface area contributed by atoms with Gasteiger partial charge in [0, 0.05) is 23.5 Å². The van der Waals surface area contributed by atoms with E-state index in [4.69, 9.17) is 15.1 Å². The molecule has 1 aromatic heterocycles. The Morgan fingerprint density at radius 2 is 1.50 bits per heavy atom. The van der Waals surface area contributed by atoms with Gasteiger partial charge in [-0.15, -0.1) is 0 Å². The number of furan rings is 1. The molecule has 0 aliphatic rings. The van der Waals surface area contributed by atoms with Gasteiger partial charge in [-0.25, -0.2) is 4.99 Å². The second-order valence-electron chi connectivity index (χ2n) is 8.09. The normalized spacial score (nSPS) is 11.9. The van der Waals surface area contributed by atoms with Crippen LogP contribution in [-0.2, 0) is 0 Å². The van der Waals surface area contributed by atoms with Gasteiger partial charge in [-0.3, -0.25) is 0 Å². The lowest BCUT2D eigenvalue weighted by Crippen LogP contribution is -2.24. The van der Waals surface area contributed by atoms with Crippen molar-refractivity contribution >= 4 is 44.8 Å². The average Bonchev–Trinajstić information content (AvgIpc) is 3.18. The highest BCUT2D eigenvalue weighted by molar-refractivity contribution is 6.06. The van der Waals surface area contributed by atoms with Gasteiger partial charge in [-0.05, 0) is 73.0 Å². The van der Waals surface area contributed by atoms with E-state index in [9.17, 15) is 0 Å². The van der Waals surface area contributed by atoms with Gasteiger partial charge in [0.1, 0.15) is 17.0 Å². The van der Waals surface area contributed by atoms with Crippen molar-refractivity contribution < 1.29 is 4.42 Å². The molecule has 5 aromatic rings. The van der Waals surface area contributed by atoms with Crippen LogP contribution in [0.5, 0.6) is 0 Å². The Bertz CT molecular complexity index is 1480. The molecule has 0 radical (unpaired) electrons. The number of anilines is 2. The minimum absolute atomic E-state index is 0.675. The third-order valence-electron chi connectivity index (χ3n) is 5.97. The number of fused-ring (bicyclic) bond motifs is 3. The summed E-state index contributed by atoms with van der Waals surface area (Å²) >= 11 is 0. The van der Waals surface area contributed by atoms with Crippen molar-refractivity contribution in [2.75, 3.05) is 17.7 Å². The number of benzene rings is 4. The summed E-state index contributed by atoms with van der Waals surface area (Å²) in [5.74, 6) is 0.880. The van der Waals surface area contributed by atoms with Gasteiger partial charge in [-0.1, -0.05) is 42.5 Å². The predicted octanol–water partition coefficient (Wildman–Crippen LogP) is 7.33. The fourth-order valence-corrected chi connectivity index (χ4v) is 4.13. The lowest BCUT2D eigenvalue weighted by Gasteiger charge is -2.22. The van der Waals surface area contributed by atoms with Crippen LogP contribution in [0.3, 0.4) is 0 Å². The summed E-state index contributed by atoms with van der Waals surface area (Å²) in [6, 6.07) is 28.7. The van der Waals surface area contributed by atoms with Crippen LogP contribution in [0.25, 0.3) is 33.1 Å². The fraction of sp³-hybridized carbons (Fsp3) is 0.107. The molecule has 0 amide bonds. The van der Waals surface area contributed by atoms with Crippen molar-refractivity contribution in [3.63, 3.8) is 0 Å². The van der Waals surface area contributed by atoms with Crippen LogP contribution >= 0.6 is 0 Å². The second-order valence-corrected chi connectivity index (χ2v) is 8.09. The van der Waals surface area contributed by atoms with Gasteiger partial charge in [-0.2, -0.15) is 0 Å². The fourth-order valence-electron chi connectivity index (χ4n) is 4.13. The van der Waals surface area contributed by atoms with Crippen LogP contribution in [0.4, 0.5) is 17.1 Å². The molecule has 0 bridgehead atoms. The van der Waals surface area contributed by atoms with E-state index in [1.807, 2.05) is 56.4 Å². The van der Waals surface area contributed by atoms with E-state index >= 15 is 0 Å². The lowest BCUT2D eigenvalue weighted by molar-refractivity contribution is 0.669. The van der Waals surface area contributed by atoms with E-state index in [1.54, 1.807) is 0 Å². The first-order valence-corrected chi connectivity index (χ1v) is 10.7. The van der Waals surface area contributed by atoms with E-state index in [2.05, 4.69) is 54.3 Å². The van der Waals surface area contributed by atoms with Gasteiger partial charge >= 0.3 is 0 Å². The first kappa shape index (κ1) is 19.9. The van der Waals surface area contributed by atoms with Crippen LogP contribution in [0.2, 0.25) is 0 Å². The summed E-state index contributed by atoms with van der Waals surface area (Å²) in [4.78, 5) is 6.82. The number of nitrogen functional groups attached to an aromatic ring is 1. The highest BCUT2D eigenvalue weighted by atomic mass is 16.3. The molecule has 0 aliphatic carbocycles. The van der Waals surface area contributed by atoms with Gasteiger partial charge in [0.05, 0.1) is 11.4 Å². The molecule has 0 aliphatic heterocycles. The summed E-state index contributed by atoms with van der Waals surface area (Å²) in [7, 11) is 2.03. The van der Waals surface area contributed by atoms with Crippen molar-refractivity contribution in [2.24, 2.45) is 4.99 Å². The van der Waals surface area contributed by atoms with Gasteiger partial charge in [0.25, 0.3) is 0 Å². The number of aliphatic imine (C=N–C) groups is 1. The Balaban J connectivity index is 1.49. The Morgan fingerprint density at radius 1 is 0.812 bits per heavy atom. The van der Waals surface area contributed by atoms with Crippen molar-refractivity contribution in [2.45, 2.75) is 13.8 Å². The Labute approximate surface area is 187 Å². The number of para-hydroxylation sites is 3. The minimum atomic E-state index is 0.675. The summed E-state index contributed by atoms with van der Waals surface area (Å²) in [6.07, 6.45) is 0. The molecule has 158 valence electrons. The molecule has 0 atom stereocenters. The van der Waals surface area contributed by atoms with Crippen molar-refractivity contribution in [3.05, 3.63) is 90.5 Å². The predicted molar refractivity (Wildman–Crippen MR) is 136 cm³/mol. The zero-order valence-electron chi connectivity index (χ0n) is 18.5. The number of aryl methyl sites for hydroxylation is 1. The average molecular weight is 420 g/mol. The topological polar surface area (TPSA) is 54.8 Å². The molecule has 4 nitrogen and oxygen atoms in total. The third-order valence-corrected chi connectivity index (χ3v) is 5.97. The number of amidine groups is 1.